The first-order valence-electron chi connectivity index (χ1n) is 13.5. The second-order valence-electron chi connectivity index (χ2n) is 10.4. The quantitative estimate of drug-likeness (QED) is 0.137. The average Bonchev–Trinajstić information content (AvgIpc) is 3.21. The molecule has 218 valence electrons. The number of non-ortho nitro benzene ring substituents is 1. The Balaban J connectivity index is 1.59. The van der Waals surface area contributed by atoms with E-state index in [9.17, 15) is 44.5 Å². The number of aliphatic hydroxyl groups is 3. The maximum Gasteiger partial charge on any atom is 0.271 e. The third-order valence-electron chi connectivity index (χ3n) is 7.88. The number of carbonyl (C=O) groups excluding carboxylic acids is 2. The first-order chi connectivity index (χ1) is 19.6. The number of carbonyl (C=O) groups is 2. The SMILES string of the molecule is CCC/C(=C\c1ccc(O)c(F)c1)CC[C@@H](O)C1=C(CO)C[C@H]2C(=O)N(c3cccc([N+](=O)[O-])c3)C(=O)[C@H]2[C@H]1CO. The molecule has 1 aliphatic heterocycles. The van der Waals surface area contributed by atoms with Crippen LogP contribution in [0.15, 0.2) is 59.2 Å². The van der Waals surface area contributed by atoms with Gasteiger partial charge in [0.2, 0.25) is 11.8 Å². The van der Waals surface area contributed by atoms with Crippen LogP contribution < -0.4 is 4.90 Å². The molecule has 2 aliphatic rings. The van der Waals surface area contributed by atoms with Crippen molar-refractivity contribution in [3.05, 3.63) is 80.7 Å². The van der Waals surface area contributed by atoms with Crippen molar-refractivity contribution in [2.75, 3.05) is 18.1 Å². The van der Waals surface area contributed by atoms with Gasteiger partial charge in [-0.15, -0.1) is 0 Å². The van der Waals surface area contributed by atoms with Crippen molar-refractivity contribution >= 4 is 29.3 Å². The summed E-state index contributed by atoms with van der Waals surface area (Å²) in [6.07, 6.45) is 2.71. The number of amides is 2. The Hall–Kier alpha value is -3.93. The summed E-state index contributed by atoms with van der Waals surface area (Å²) in [7, 11) is 0. The van der Waals surface area contributed by atoms with Crippen LogP contribution in [0.3, 0.4) is 0 Å². The lowest BCUT2D eigenvalue weighted by Gasteiger charge is -2.36. The third kappa shape index (κ3) is 6.07. The average molecular weight is 569 g/mol. The van der Waals surface area contributed by atoms with E-state index in [1.54, 1.807) is 12.1 Å². The molecular weight excluding hydrogens is 535 g/mol. The summed E-state index contributed by atoms with van der Waals surface area (Å²) in [6, 6.07) is 9.24. The van der Waals surface area contributed by atoms with Crippen LogP contribution in [0.2, 0.25) is 0 Å². The number of benzene rings is 2. The number of rotatable bonds is 11. The highest BCUT2D eigenvalue weighted by molar-refractivity contribution is 6.22. The third-order valence-corrected chi connectivity index (χ3v) is 7.88. The Labute approximate surface area is 236 Å². The first-order valence-corrected chi connectivity index (χ1v) is 13.5. The normalized spacial score (nSPS) is 21.8. The summed E-state index contributed by atoms with van der Waals surface area (Å²) >= 11 is 0. The van der Waals surface area contributed by atoms with Gasteiger partial charge in [0, 0.05) is 18.1 Å². The van der Waals surface area contributed by atoms with Gasteiger partial charge >= 0.3 is 0 Å². The van der Waals surface area contributed by atoms with Crippen LogP contribution in [-0.4, -0.2) is 56.5 Å². The Morgan fingerprint density at radius 1 is 1.17 bits per heavy atom. The first kappa shape index (κ1) is 30.0. The summed E-state index contributed by atoms with van der Waals surface area (Å²) in [6.45, 7) is 0.949. The minimum Gasteiger partial charge on any atom is -0.505 e. The summed E-state index contributed by atoms with van der Waals surface area (Å²) in [4.78, 5) is 38.5. The molecule has 4 rings (SSSR count). The summed E-state index contributed by atoms with van der Waals surface area (Å²) in [5, 5.41) is 52.6. The van der Waals surface area contributed by atoms with Crippen molar-refractivity contribution in [1.82, 2.24) is 0 Å². The van der Waals surface area contributed by atoms with Crippen LogP contribution >= 0.6 is 0 Å². The minimum absolute atomic E-state index is 0.00447. The van der Waals surface area contributed by atoms with Crippen molar-refractivity contribution in [3.63, 3.8) is 0 Å². The zero-order valence-electron chi connectivity index (χ0n) is 22.6. The predicted molar refractivity (Wildman–Crippen MR) is 148 cm³/mol. The molecule has 1 saturated heterocycles. The van der Waals surface area contributed by atoms with Crippen molar-refractivity contribution in [2.45, 2.75) is 45.1 Å². The molecule has 10 nitrogen and oxygen atoms in total. The van der Waals surface area contributed by atoms with E-state index < -0.39 is 65.4 Å². The zero-order valence-corrected chi connectivity index (χ0v) is 22.6. The number of phenols is 1. The number of aromatic hydroxyl groups is 1. The topological polar surface area (TPSA) is 161 Å². The molecule has 0 unspecified atom stereocenters. The van der Waals surface area contributed by atoms with Crippen LogP contribution in [0, 0.1) is 33.7 Å². The molecule has 0 saturated carbocycles. The molecule has 2 aromatic rings. The Bertz CT molecular complexity index is 1400. The van der Waals surface area contributed by atoms with Gasteiger partial charge in [0.1, 0.15) is 0 Å². The van der Waals surface area contributed by atoms with E-state index in [0.29, 0.717) is 29.6 Å². The number of nitro benzene ring substituents is 1. The highest BCUT2D eigenvalue weighted by Gasteiger charge is 2.55. The standard InChI is InChI=1S/C30H33FN2O8/c1-2-4-17(11-18-8-9-25(36)24(31)12-18)7-10-26(37)27-19(15-34)13-22-28(23(27)16-35)30(39)32(29(22)38)20-5-3-6-21(14-20)33(40)41/h3,5-6,8-9,11-12,14,22-23,26,28,34-37H,2,4,7,10,13,15-16H2,1H3/b17-11+/t22-,23+,26-,28-/m1/s1. The van der Waals surface area contributed by atoms with Crippen LogP contribution in [-0.2, 0) is 9.59 Å². The van der Waals surface area contributed by atoms with Gasteiger partial charge in [-0.1, -0.05) is 37.1 Å². The Morgan fingerprint density at radius 3 is 2.56 bits per heavy atom. The number of anilines is 1. The van der Waals surface area contributed by atoms with E-state index in [1.807, 2.05) is 6.92 Å². The van der Waals surface area contributed by atoms with Gasteiger partial charge in [-0.2, -0.15) is 0 Å². The number of aliphatic hydroxyl groups excluding tert-OH is 3. The van der Waals surface area contributed by atoms with Crippen molar-refractivity contribution in [2.24, 2.45) is 17.8 Å². The van der Waals surface area contributed by atoms with Gasteiger partial charge in [-0.05, 0) is 60.6 Å². The molecule has 2 amide bonds. The second kappa shape index (κ2) is 12.7. The molecule has 4 atom stereocenters. The molecule has 0 spiro atoms. The molecule has 4 N–H and O–H groups in total. The molecular formula is C30H33FN2O8. The summed E-state index contributed by atoms with van der Waals surface area (Å²) < 4.78 is 13.8. The number of nitrogens with zero attached hydrogens (tertiary/aromatic N) is 2. The Kier molecular flexibility index (Phi) is 9.31. The van der Waals surface area contributed by atoms with Gasteiger partial charge in [0.15, 0.2) is 11.6 Å². The number of allylic oxidation sites excluding steroid dienone is 1. The Morgan fingerprint density at radius 2 is 1.93 bits per heavy atom. The van der Waals surface area contributed by atoms with Crippen LogP contribution in [0.5, 0.6) is 5.75 Å². The number of phenolic OH excluding ortho intramolecular Hbond substituents is 1. The lowest BCUT2D eigenvalue weighted by Crippen LogP contribution is -2.39. The fourth-order valence-electron chi connectivity index (χ4n) is 6.02. The van der Waals surface area contributed by atoms with E-state index in [1.165, 1.54) is 30.3 Å². The van der Waals surface area contributed by atoms with Crippen LogP contribution in [0.4, 0.5) is 15.8 Å². The van der Waals surface area contributed by atoms with Gasteiger partial charge in [0.25, 0.3) is 5.69 Å². The molecule has 1 aliphatic carbocycles. The molecule has 11 heteroatoms. The number of hydrogen-bond acceptors (Lipinski definition) is 8. The van der Waals surface area contributed by atoms with Crippen LogP contribution in [0.25, 0.3) is 6.08 Å². The molecule has 0 bridgehead atoms. The lowest BCUT2D eigenvalue weighted by atomic mass is 9.68. The van der Waals surface area contributed by atoms with E-state index in [0.717, 1.165) is 23.0 Å². The van der Waals surface area contributed by atoms with E-state index in [-0.39, 0.29) is 24.2 Å². The van der Waals surface area contributed by atoms with Crippen molar-refractivity contribution < 1.29 is 39.3 Å². The van der Waals surface area contributed by atoms with Gasteiger partial charge < -0.3 is 20.4 Å². The van der Waals surface area contributed by atoms with E-state index >= 15 is 0 Å². The van der Waals surface area contributed by atoms with Gasteiger partial charge in [-0.3, -0.25) is 19.7 Å². The lowest BCUT2D eigenvalue weighted by molar-refractivity contribution is -0.384. The largest absolute Gasteiger partial charge is 0.505 e. The minimum atomic E-state index is -1.14. The predicted octanol–water partition coefficient (Wildman–Crippen LogP) is 3.87. The molecule has 0 radical (unpaired) electrons. The van der Waals surface area contributed by atoms with Gasteiger partial charge in [-0.25, -0.2) is 9.29 Å². The zero-order chi connectivity index (χ0) is 29.8. The molecule has 1 heterocycles. The summed E-state index contributed by atoms with van der Waals surface area (Å²) in [5.41, 5.74) is 1.94. The monoisotopic (exact) mass is 568 g/mol. The number of halogens is 1. The fourth-order valence-corrected chi connectivity index (χ4v) is 6.02. The summed E-state index contributed by atoms with van der Waals surface area (Å²) in [5.74, 6) is -5.22. The number of nitro groups is 1. The van der Waals surface area contributed by atoms with Crippen molar-refractivity contribution in [1.29, 1.82) is 0 Å². The molecule has 41 heavy (non-hydrogen) atoms. The second-order valence-corrected chi connectivity index (χ2v) is 10.4. The van der Waals surface area contributed by atoms with Gasteiger partial charge in [0.05, 0.1) is 41.8 Å². The van der Waals surface area contributed by atoms with E-state index in [4.69, 9.17) is 0 Å². The molecule has 0 aromatic heterocycles. The molecule has 2 aromatic carbocycles. The number of hydrogen-bond donors (Lipinski definition) is 4. The fraction of sp³-hybridized carbons (Fsp3) is 0.400. The number of fused-ring (bicyclic) bond motifs is 1. The highest BCUT2D eigenvalue weighted by atomic mass is 19.1. The smallest absolute Gasteiger partial charge is 0.271 e. The maximum absolute atomic E-state index is 13.8. The maximum atomic E-state index is 13.8. The number of imide groups is 1. The van der Waals surface area contributed by atoms with Crippen LogP contribution in [0.1, 0.15) is 44.6 Å². The van der Waals surface area contributed by atoms with E-state index in [2.05, 4.69) is 0 Å². The van der Waals surface area contributed by atoms with Crippen molar-refractivity contribution in [3.8, 4) is 5.75 Å². The highest BCUT2D eigenvalue weighted by Crippen LogP contribution is 2.47. The molecule has 1 fully saturated rings.